The summed E-state index contributed by atoms with van der Waals surface area (Å²) in [4.78, 5) is 2.58. The second kappa shape index (κ2) is 5.01. The Morgan fingerprint density at radius 2 is 2.05 bits per heavy atom. The largest absolute Gasteiger partial charge is 0.375 e. The number of nitrogens with one attached hydrogen (secondary N) is 1. The lowest BCUT2D eigenvalue weighted by Gasteiger charge is -2.47. The van der Waals surface area contributed by atoms with Gasteiger partial charge in [0.2, 0.25) is 0 Å². The predicted molar refractivity (Wildman–Crippen MR) is 78.4 cm³/mol. The van der Waals surface area contributed by atoms with E-state index in [1.54, 1.807) is 0 Å². The van der Waals surface area contributed by atoms with Crippen LogP contribution >= 0.6 is 0 Å². The Labute approximate surface area is 118 Å². The quantitative estimate of drug-likeness (QED) is 0.849. The molecule has 0 aromatic rings. The molecule has 0 amide bonds. The van der Waals surface area contributed by atoms with Crippen LogP contribution in [0, 0.1) is 5.41 Å². The molecule has 3 rings (SSSR count). The summed E-state index contributed by atoms with van der Waals surface area (Å²) in [7, 11) is 0. The average Bonchev–Trinajstić information content (AvgIpc) is 2.65. The number of hydrogen-bond acceptors (Lipinski definition) is 3. The number of piperidine rings is 1. The molecule has 1 saturated carbocycles. The molecule has 0 aromatic carbocycles. The van der Waals surface area contributed by atoms with Crippen molar-refractivity contribution in [1.29, 1.82) is 0 Å². The van der Waals surface area contributed by atoms with E-state index in [9.17, 15) is 0 Å². The summed E-state index contributed by atoms with van der Waals surface area (Å²) in [6.07, 6.45) is 6.64. The zero-order chi connectivity index (χ0) is 13.5. The van der Waals surface area contributed by atoms with E-state index in [4.69, 9.17) is 4.74 Å². The van der Waals surface area contributed by atoms with E-state index in [1.807, 2.05) is 0 Å². The molecule has 0 radical (unpaired) electrons. The van der Waals surface area contributed by atoms with Crippen LogP contribution in [0.5, 0.6) is 0 Å². The molecule has 2 saturated heterocycles. The van der Waals surface area contributed by atoms with Gasteiger partial charge in [0.1, 0.15) is 0 Å². The molecule has 110 valence electrons. The Balaban J connectivity index is 1.44. The van der Waals surface area contributed by atoms with Crippen LogP contribution < -0.4 is 5.32 Å². The van der Waals surface area contributed by atoms with Gasteiger partial charge in [-0.1, -0.05) is 6.92 Å². The van der Waals surface area contributed by atoms with Crippen LogP contribution in [0.25, 0.3) is 0 Å². The molecule has 1 unspecified atom stereocenters. The highest BCUT2D eigenvalue weighted by Gasteiger charge is 2.52. The molecule has 0 aromatic heterocycles. The first-order chi connectivity index (χ1) is 9.00. The molecule has 1 aliphatic carbocycles. The lowest BCUT2D eigenvalue weighted by molar-refractivity contribution is 0.0151. The van der Waals surface area contributed by atoms with E-state index in [0.717, 1.165) is 18.7 Å². The van der Waals surface area contributed by atoms with Gasteiger partial charge in [0.15, 0.2) is 0 Å². The summed E-state index contributed by atoms with van der Waals surface area (Å²) < 4.78 is 5.93. The smallest absolute Gasteiger partial charge is 0.0633 e. The summed E-state index contributed by atoms with van der Waals surface area (Å²) >= 11 is 0. The van der Waals surface area contributed by atoms with Crippen molar-refractivity contribution in [1.82, 2.24) is 10.2 Å². The van der Waals surface area contributed by atoms with Gasteiger partial charge in [-0.15, -0.1) is 0 Å². The molecule has 3 nitrogen and oxygen atoms in total. The number of hydrogen-bond donors (Lipinski definition) is 1. The number of ether oxygens (including phenoxy) is 1. The average molecular weight is 266 g/mol. The highest BCUT2D eigenvalue weighted by atomic mass is 16.5. The molecule has 19 heavy (non-hydrogen) atoms. The van der Waals surface area contributed by atoms with E-state index in [1.165, 1.54) is 51.7 Å². The Hall–Kier alpha value is -0.120. The third-order valence-electron chi connectivity index (χ3n) is 5.35. The fourth-order valence-electron chi connectivity index (χ4n) is 4.53. The van der Waals surface area contributed by atoms with Gasteiger partial charge in [-0.2, -0.15) is 0 Å². The van der Waals surface area contributed by atoms with Crippen LogP contribution in [-0.2, 0) is 4.74 Å². The monoisotopic (exact) mass is 266 g/mol. The van der Waals surface area contributed by atoms with E-state index >= 15 is 0 Å². The molecular formula is C16H30N2O. The second-order valence-electron chi connectivity index (χ2n) is 7.73. The van der Waals surface area contributed by atoms with E-state index < -0.39 is 0 Å². The van der Waals surface area contributed by atoms with Crippen molar-refractivity contribution in [3.05, 3.63) is 0 Å². The normalized spacial score (nSPS) is 42.5. The topological polar surface area (TPSA) is 24.5 Å². The zero-order valence-electron chi connectivity index (χ0n) is 12.9. The molecule has 3 aliphatic rings. The van der Waals surface area contributed by atoms with Crippen LogP contribution in [0.1, 0.15) is 52.9 Å². The molecule has 0 bridgehead atoms. The fraction of sp³-hybridized carbons (Fsp3) is 1.00. The SMILES string of the molecule is CCN1CCCC(NC2CC3(COC(C)(C)C3)C2)C1. The molecular weight excluding hydrogens is 236 g/mol. The fourth-order valence-corrected chi connectivity index (χ4v) is 4.53. The standard InChI is InChI=1S/C16H30N2O/c1-4-18-7-5-6-13(10-18)17-14-8-16(9-14)11-15(2,3)19-12-16/h13-14,17H,4-12H2,1-3H3. The minimum Gasteiger partial charge on any atom is -0.375 e. The lowest BCUT2D eigenvalue weighted by atomic mass is 9.63. The van der Waals surface area contributed by atoms with E-state index in [2.05, 4.69) is 31.0 Å². The second-order valence-corrected chi connectivity index (χ2v) is 7.73. The lowest BCUT2D eigenvalue weighted by Crippen LogP contribution is -2.56. The van der Waals surface area contributed by atoms with Crippen LogP contribution in [0.15, 0.2) is 0 Å². The molecule has 2 heterocycles. The number of likely N-dealkylation sites (N-methyl/N-ethyl adjacent to an activating group) is 1. The first-order valence-corrected chi connectivity index (χ1v) is 8.13. The van der Waals surface area contributed by atoms with Gasteiger partial charge in [-0.25, -0.2) is 0 Å². The maximum atomic E-state index is 5.93. The minimum absolute atomic E-state index is 0.120. The maximum Gasteiger partial charge on any atom is 0.0633 e. The van der Waals surface area contributed by atoms with Gasteiger partial charge in [-0.05, 0) is 64.5 Å². The molecule has 2 aliphatic heterocycles. The van der Waals surface area contributed by atoms with Crippen LogP contribution in [0.4, 0.5) is 0 Å². The molecule has 3 fully saturated rings. The van der Waals surface area contributed by atoms with Gasteiger partial charge < -0.3 is 15.0 Å². The van der Waals surface area contributed by atoms with Crippen molar-refractivity contribution in [3.8, 4) is 0 Å². The van der Waals surface area contributed by atoms with Gasteiger partial charge in [-0.3, -0.25) is 0 Å². The van der Waals surface area contributed by atoms with Gasteiger partial charge in [0, 0.05) is 18.6 Å². The Kier molecular flexibility index (Phi) is 3.65. The van der Waals surface area contributed by atoms with Crippen molar-refractivity contribution in [3.63, 3.8) is 0 Å². The van der Waals surface area contributed by atoms with Crippen molar-refractivity contribution in [2.24, 2.45) is 5.41 Å². The van der Waals surface area contributed by atoms with Crippen molar-refractivity contribution < 1.29 is 4.74 Å². The number of rotatable bonds is 3. The van der Waals surface area contributed by atoms with E-state index in [0.29, 0.717) is 5.41 Å². The third-order valence-corrected chi connectivity index (χ3v) is 5.35. The summed E-state index contributed by atoms with van der Waals surface area (Å²) in [5, 5.41) is 3.90. The van der Waals surface area contributed by atoms with Gasteiger partial charge in [0.25, 0.3) is 0 Å². The highest BCUT2D eigenvalue weighted by Crippen LogP contribution is 2.52. The van der Waals surface area contributed by atoms with Crippen LogP contribution in [0.3, 0.4) is 0 Å². The summed E-state index contributed by atoms with van der Waals surface area (Å²) in [6.45, 7) is 11.5. The van der Waals surface area contributed by atoms with Crippen molar-refractivity contribution in [2.75, 3.05) is 26.2 Å². The molecule has 1 N–H and O–H groups in total. The van der Waals surface area contributed by atoms with Crippen LogP contribution in [0.2, 0.25) is 0 Å². The number of likely N-dealkylation sites (tertiary alicyclic amines) is 1. The Morgan fingerprint density at radius 3 is 2.68 bits per heavy atom. The van der Waals surface area contributed by atoms with Gasteiger partial charge in [0.05, 0.1) is 12.2 Å². The minimum atomic E-state index is 0.120. The maximum absolute atomic E-state index is 5.93. The molecule has 3 heteroatoms. The first-order valence-electron chi connectivity index (χ1n) is 8.13. The van der Waals surface area contributed by atoms with Crippen molar-refractivity contribution >= 4 is 0 Å². The van der Waals surface area contributed by atoms with Gasteiger partial charge >= 0.3 is 0 Å². The summed E-state index contributed by atoms with van der Waals surface area (Å²) in [5.41, 5.74) is 0.634. The molecule has 1 spiro atoms. The van der Waals surface area contributed by atoms with E-state index in [-0.39, 0.29) is 5.60 Å². The Morgan fingerprint density at radius 1 is 1.26 bits per heavy atom. The molecule has 1 atom stereocenters. The highest BCUT2D eigenvalue weighted by molar-refractivity contribution is 5.05. The Bertz CT molecular complexity index is 323. The third kappa shape index (κ3) is 2.98. The first kappa shape index (κ1) is 13.8. The predicted octanol–water partition coefficient (Wildman–Crippen LogP) is 2.41. The summed E-state index contributed by atoms with van der Waals surface area (Å²) in [6, 6.07) is 1.48. The zero-order valence-corrected chi connectivity index (χ0v) is 12.9. The summed E-state index contributed by atoms with van der Waals surface area (Å²) in [5.74, 6) is 0. The van der Waals surface area contributed by atoms with Crippen LogP contribution in [-0.4, -0.2) is 48.8 Å². The van der Waals surface area contributed by atoms with Crippen molar-refractivity contribution in [2.45, 2.75) is 70.6 Å². The number of nitrogens with zero attached hydrogens (tertiary/aromatic N) is 1.